The van der Waals surface area contributed by atoms with Crippen LogP contribution in [0.5, 0.6) is 0 Å². The normalized spacial score (nSPS) is 10.9. The molecule has 140 valence electrons. The van der Waals surface area contributed by atoms with Gasteiger partial charge in [-0.1, -0.05) is 74.1 Å². The highest BCUT2D eigenvalue weighted by atomic mass is 32.2. The van der Waals surface area contributed by atoms with Crippen LogP contribution in [-0.4, -0.2) is 31.9 Å². The standard InChI is InChI=1S/C20H23N5OS/c1-16(2)13-25-20(21-22-23-25)27-15-19(26)24(18-11-7-4-8-12-18)14-17-9-5-3-6-10-17/h3-12,16H,13-15H2,1-2H3. The van der Waals surface area contributed by atoms with E-state index in [1.807, 2.05) is 60.7 Å². The van der Waals surface area contributed by atoms with Crippen molar-refractivity contribution in [1.29, 1.82) is 0 Å². The molecule has 0 fully saturated rings. The van der Waals surface area contributed by atoms with E-state index in [1.54, 1.807) is 9.58 Å². The molecule has 6 nitrogen and oxygen atoms in total. The van der Waals surface area contributed by atoms with E-state index >= 15 is 0 Å². The molecule has 1 amide bonds. The molecular formula is C20H23N5OS. The predicted molar refractivity (Wildman–Crippen MR) is 107 cm³/mol. The van der Waals surface area contributed by atoms with E-state index in [1.165, 1.54) is 11.8 Å². The number of anilines is 1. The van der Waals surface area contributed by atoms with Crippen molar-refractivity contribution < 1.29 is 4.79 Å². The van der Waals surface area contributed by atoms with Crippen LogP contribution in [0, 0.1) is 5.92 Å². The van der Waals surface area contributed by atoms with Crippen molar-refractivity contribution >= 4 is 23.4 Å². The van der Waals surface area contributed by atoms with Crippen molar-refractivity contribution in [3.8, 4) is 0 Å². The molecule has 2 aromatic carbocycles. The molecule has 3 rings (SSSR count). The third-order valence-corrected chi connectivity index (χ3v) is 4.86. The number of carbonyl (C=O) groups is 1. The Morgan fingerprint density at radius 1 is 1.07 bits per heavy atom. The monoisotopic (exact) mass is 381 g/mol. The molecule has 0 aliphatic rings. The lowest BCUT2D eigenvalue weighted by molar-refractivity contribution is -0.116. The molecule has 0 unspecified atom stereocenters. The minimum Gasteiger partial charge on any atom is -0.307 e. The fraction of sp³-hybridized carbons (Fsp3) is 0.300. The summed E-state index contributed by atoms with van der Waals surface area (Å²) in [6.45, 7) is 5.48. The largest absolute Gasteiger partial charge is 0.307 e. The van der Waals surface area contributed by atoms with Gasteiger partial charge in [0.25, 0.3) is 0 Å². The highest BCUT2D eigenvalue weighted by molar-refractivity contribution is 7.99. The van der Waals surface area contributed by atoms with Crippen LogP contribution in [0.25, 0.3) is 0 Å². The molecule has 0 atom stereocenters. The van der Waals surface area contributed by atoms with Gasteiger partial charge in [-0.05, 0) is 34.0 Å². The van der Waals surface area contributed by atoms with E-state index in [-0.39, 0.29) is 11.7 Å². The maximum Gasteiger partial charge on any atom is 0.237 e. The second-order valence-electron chi connectivity index (χ2n) is 6.63. The second kappa shape index (κ2) is 9.32. The number of amides is 1. The summed E-state index contributed by atoms with van der Waals surface area (Å²) in [6, 6.07) is 19.7. The molecule has 0 aliphatic heterocycles. The zero-order valence-electron chi connectivity index (χ0n) is 15.5. The lowest BCUT2D eigenvalue weighted by atomic mass is 10.2. The smallest absolute Gasteiger partial charge is 0.237 e. The van der Waals surface area contributed by atoms with Gasteiger partial charge >= 0.3 is 0 Å². The van der Waals surface area contributed by atoms with Crippen LogP contribution in [0.4, 0.5) is 5.69 Å². The Hall–Kier alpha value is -2.67. The van der Waals surface area contributed by atoms with Gasteiger partial charge < -0.3 is 4.90 Å². The minimum absolute atomic E-state index is 0.0224. The first-order valence-electron chi connectivity index (χ1n) is 8.92. The van der Waals surface area contributed by atoms with Crippen LogP contribution >= 0.6 is 11.8 Å². The fourth-order valence-electron chi connectivity index (χ4n) is 2.66. The maximum absolute atomic E-state index is 13.0. The van der Waals surface area contributed by atoms with Crippen molar-refractivity contribution in [2.75, 3.05) is 10.7 Å². The Kier molecular flexibility index (Phi) is 6.59. The van der Waals surface area contributed by atoms with Gasteiger partial charge in [-0.25, -0.2) is 4.68 Å². The van der Waals surface area contributed by atoms with Gasteiger partial charge in [0.1, 0.15) is 0 Å². The molecule has 0 saturated heterocycles. The molecule has 0 spiro atoms. The first-order chi connectivity index (χ1) is 13.1. The minimum atomic E-state index is 0.0224. The van der Waals surface area contributed by atoms with Crippen LogP contribution in [0.1, 0.15) is 19.4 Å². The average Bonchev–Trinajstić information content (AvgIpc) is 3.12. The number of aromatic nitrogens is 4. The first kappa shape index (κ1) is 19.1. The van der Waals surface area contributed by atoms with Crippen LogP contribution in [0.2, 0.25) is 0 Å². The molecule has 0 N–H and O–H groups in total. The maximum atomic E-state index is 13.0. The summed E-state index contributed by atoms with van der Waals surface area (Å²) in [5.74, 6) is 0.733. The number of thioether (sulfide) groups is 1. The number of para-hydroxylation sites is 1. The van der Waals surface area contributed by atoms with Crippen LogP contribution in [-0.2, 0) is 17.9 Å². The number of carbonyl (C=O) groups excluding carboxylic acids is 1. The molecule has 0 aliphatic carbocycles. The Morgan fingerprint density at radius 3 is 2.41 bits per heavy atom. The number of tetrazole rings is 1. The van der Waals surface area contributed by atoms with Gasteiger partial charge in [0.05, 0.1) is 12.3 Å². The highest BCUT2D eigenvalue weighted by Crippen LogP contribution is 2.21. The third-order valence-electron chi connectivity index (χ3n) is 3.91. The second-order valence-corrected chi connectivity index (χ2v) is 7.57. The lowest BCUT2D eigenvalue weighted by Crippen LogP contribution is -2.32. The topological polar surface area (TPSA) is 63.9 Å². The van der Waals surface area contributed by atoms with Crippen molar-refractivity contribution in [3.05, 3.63) is 66.2 Å². The molecule has 3 aromatic rings. The van der Waals surface area contributed by atoms with Gasteiger partial charge in [0.2, 0.25) is 11.1 Å². The summed E-state index contributed by atoms with van der Waals surface area (Å²) in [5.41, 5.74) is 1.97. The quantitative estimate of drug-likeness (QED) is 0.557. The van der Waals surface area contributed by atoms with E-state index in [4.69, 9.17) is 0 Å². The molecule has 27 heavy (non-hydrogen) atoms. The van der Waals surface area contributed by atoms with Crippen molar-refractivity contribution in [3.63, 3.8) is 0 Å². The van der Waals surface area contributed by atoms with Crippen molar-refractivity contribution in [2.45, 2.75) is 32.1 Å². The van der Waals surface area contributed by atoms with E-state index in [2.05, 4.69) is 29.4 Å². The van der Waals surface area contributed by atoms with E-state index in [0.29, 0.717) is 17.6 Å². The summed E-state index contributed by atoms with van der Waals surface area (Å²) in [6.07, 6.45) is 0. The van der Waals surface area contributed by atoms with Gasteiger partial charge in [-0.2, -0.15) is 0 Å². The molecule has 1 heterocycles. The first-order valence-corrected chi connectivity index (χ1v) is 9.90. The van der Waals surface area contributed by atoms with Gasteiger partial charge in [0, 0.05) is 12.2 Å². The van der Waals surface area contributed by atoms with Crippen LogP contribution in [0.15, 0.2) is 65.8 Å². The molecule has 0 bridgehead atoms. The van der Waals surface area contributed by atoms with E-state index in [9.17, 15) is 4.79 Å². The third kappa shape index (κ3) is 5.40. The van der Waals surface area contributed by atoms with Gasteiger partial charge in [0.15, 0.2) is 0 Å². The van der Waals surface area contributed by atoms with Gasteiger partial charge in [-0.3, -0.25) is 4.79 Å². The lowest BCUT2D eigenvalue weighted by Gasteiger charge is -2.23. The average molecular weight is 382 g/mol. The fourth-order valence-corrected chi connectivity index (χ4v) is 3.42. The highest BCUT2D eigenvalue weighted by Gasteiger charge is 2.18. The Labute approximate surface area is 163 Å². The summed E-state index contributed by atoms with van der Waals surface area (Å²) in [7, 11) is 0. The van der Waals surface area contributed by atoms with Crippen molar-refractivity contribution in [2.24, 2.45) is 5.92 Å². The molecular weight excluding hydrogens is 358 g/mol. The molecule has 0 radical (unpaired) electrons. The van der Waals surface area contributed by atoms with Gasteiger partial charge in [-0.15, -0.1) is 5.10 Å². The number of nitrogens with zero attached hydrogens (tertiary/aromatic N) is 5. The Balaban J connectivity index is 1.72. The van der Waals surface area contributed by atoms with Crippen molar-refractivity contribution in [1.82, 2.24) is 20.2 Å². The molecule has 7 heteroatoms. The van der Waals surface area contributed by atoms with Crippen LogP contribution in [0.3, 0.4) is 0 Å². The number of rotatable bonds is 8. The Bertz CT molecular complexity index is 851. The number of hydrogen-bond acceptors (Lipinski definition) is 5. The molecule has 1 aromatic heterocycles. The summed E-state index contributed by atoms with van der Waals surface area (Å²) >= 11 is 1.37. The Morgan fingerprint density at radius 2 is 1.74 bits per heavy atom. The summed E-state index contributed by atoms with van der Waals surface area (Å²) in [5, 5.41) is 12.5. The SMILES string of the molecule is CC(C)Cn1nnnc1SCC(=O)N(Cc1ccccc1)c1ccccc1. The number of benzene rings is 2. The zero-order valence-corrected chi connectivity index (χ0v) is 16.3. The predicted octanol–water partition coefficient (Wildman–Crippen LogP) is 3.65. The van der Waals surface area contributed by atoms with E-state index in [0.717, 1.165) is 17.8 Å². The molecule has 0 saturated carbocycles. The van der Waals surface area contributed by atoms with Crippen LogP contribution < -0.4 is 4.90 Å². The summed E-state index contributed by atoms with van der Waals surface area (Å²) < 4.78 is 1.76. The van der Waals surface area contributed by atoms with E-state index < -0.39 is 0 Å². The summed E-state index contributed by atoms with van der Waals surface area (Å²) in [4.78, 5) is 14.8. The number of hydrogen-bond donors (Lipinski definition) is 0. The zero-order chi connectivity index (χ0) is 19.1.